The number of anilines is 1. The molecule has 3 fully saturated rings. The molecule has 3 aliphatic rings. The summed E-state index contributed by atoms with van der Waals surface area (Å²) in [5.41, 5.74) is 2.78. The van der Waals surface area contributed by atoms with E-state index >= 15 is 0 Å². The number of rotatable bonds is 4. The first-order valence-corrected chi connectivity index (χ1v) is 11.4. The van der Waals surface area contributed by atoms with Gasteiger partial charge in [-0.15, -0.1) is 0 Å². The van der Waals surface area contributed by atoms with Crippen molar-refractivity contribution in [3.63, 3.8) is 0 Å². The maximum Gasteiger partial charge on any atom is 0.268 e. The SMILES string of the molecule is Cc1ccc(S(=O)(=O)n2ccc3c(NC4CN5CCC4CC5)cccc32)cc1. The average Bonchev–Trinajstić information content (AvgIpc) is 3.15. The predicted octanol–water partition coefficient (Wildman–Crippen LogP) is 3.69. The molecule has 2 aromatic carbocycles. The summed E-state index contributed by atoms with van der Waals surface area (Å²) in [4.78, 5) is 2.83. The monoisotopic (exact) mass is 395 g/mol. The van der Waals surface area contributed by atoms with Crippen LogP contribution in [0.15, 0.2) is 59.6 Å². The molecule has 0 radical (unpaired) electrons. The van der Waals surface area contributed by atoms with Crippen molar-refractivity contribution >= 4 is 26.6 Å². The maximum atomic E-state index is 13.2. The normalized spacial score (nSPS) is 24.5. The van der Waals surface area contributed by atoms with Crippen LogP contribution >= 0.6 is 0 Å². The quantitative estimate of drug-likeness (QED) is 0.732. The van der Waals surface area contributed by atoms with Crippen LogP contribution in [0.25, 0.3) is 10.9 Å². The van der Waals surface area contributed by atoms with Gasteiger partial charge in [-0.3, -0.25) is 0 Å². The van der Waals surface area contributed by atoms with Gasteiger partial charge in [0.1, 0.15) is 0 Å². The van der Waals surface area contributed by atoms with E-state index in [-0.39, 0.29) is 0 Å². The predicted molar refractivity (Wildman–Crippen MR) is 112 cm³/mol. The number of nitrogens with one attached hydrogen (secondary N) is 1. The Hall–Kier alpha value is -2.31. The molecule has 2 bridgehead atoms. The van der Waals surface area contributed by atoms with Crippen LogP contribution in [0.4, 0.5) is 5.69 Å². The summed E-state index contributed by atoms with van der Waals surface area (Å²) in [5, 5.41) is 4.67. The highest BCUT2D eigenvalue weighted by molar-refractivity contribution is 7.90. The molecule has 5 nitrogen and oxygen atoms in total. The second-order valence-corrected chi connectivity index (χ2v) is 9.87. The van der Waals surface area contributed by atoms with E-state index in [9.17, 15) is 8.42 Å². The highest BCUT2D eigenvalue weighted by Gasteiger charge is 2.34. The molecule has 28 heavy (non-hydrogen) atoms. The van der Waals surface area contributed by atoms with Gasteiger partial charge in [0.2, 0.25) is 0 Å². The number of hydrogen-bond donors (Lipinski definition) is 1. The number of aromatic nitrogens is 1. The van der Waals surface area contributed by atoms with E-state index in [2.05, 4.69) is 16.3 Å². The number of nitrogens with zero attached hydrogens (tertiary/aromatic N) is 2. The van der Waals surface area contributed by atoms with E-state index in [0.717, 1.165) is 23.2 Å². The third-order valence-electron chi connectivity index (χ3n) is 6.27. The number of aryl methyl sites for hydroxylation is 1. The lowest BCUT2D eigenvalue weighted by Crippen LogP contribution is -2.53. The Bertz CT molecular complexity index is 1110. The summed E-state index contributed by atoms with van der Waals surface area (Å²) in [5.74, 6) is 0.707. The summed E-state index contributed by atoms with van der Waals surface area (Å²) in [7, 11) is -3.62. The molecular formula is C22H25N3O2S. The minimum Gasteiger partial charge on any atom is -0.380 e. The van der Waals surface area contributed by atoms with Crippen molar-refractivity contribution < 1.29 is 8.42 Å². The lowest BCUT2D eigenvalue weighted by molar-refractivity contribution is 0.0976. The minimum absolute atomic E-state index is 0.311. The number of benzene rings is 2. The van der Waals surface area contributed by atoms with Gasteiger partial charge in [0.15, 0.2) is 0 Å². The summed E-state index contributed by atoms with van der Waals surface area (Å²) in [6, 6.07) is 15.2. The van der Waals surface area contributed by atoms with E-state index in [1.54, 1.807) is 18.3 Å². The van der Waals surface area contributed by atoms with Crippen molar-refractivity contribution in [2.24, 2.45) is 5.92 Å². The van der Waals surface area contributed by atoms with Gasteiger partial charge in [-0.05, 0) is 69.1 Å². The first kappa shape index (κ1) is 17.8. The Morgan fingerprint density at radius 2 is 1.75 bits per heavy atom. The summed E-state index contributed by atoms with van der Waals surface area (Å²) in [6.07, 6.45) is 4.16. The number of fused-ring (bicyclic) bond motifs is 4. The summed E-state index contributed by atoms with van der Waals surface area (Å²) < 4.78 is 27.7. The van der Waals surface area contributed by atoms with Crippen LogP contribution in [-0.2, 0) is 10.0 Å². The molecule has 3 aromatic rings. The van der Waals surface area contributed by atoms with Crippen LogP contribution in [0.5, 0.6) is 0 Å². The minimum atomic E-state index is -3.62. The van der Waals surface area contributed by atoms with Gasteiger partial charge in [0.25, 0.3) is 10.0 Å². The van der Waals surface area contributed by atoms with Crippen LogP contribution in [0, 0.1) is 12.8 Å². The molecule has 1 aromatic heterocycles. The third kappa shape index (κ3) is 2.91. The van der Waals surface area contributed by atoms with E-state index < -0.39 is 10.0 Å². The molecule has 6 heteroatoms. The molecule has 4 heterocycles. The zero-order chi connectivity index (χ0) is 19.3. The van der Waals surface area contributed by atoms with E-state index in [4.69, 9.17) is 0 Å². The van der Waals surface area contributed by atoms with E-state index in [1.165, 1.54) is 29.9 Å². The number of hydrogen-bond acceptors (Lipinski definition) is 4. The van der Waals surface area contributed by atoms with Crippen molar-refractivity contribution in [1.82, 2.24) is 8.87 Å². The highest BCUT2D eigenvalue weighted by Crippen LogP contribution is 2.33. The molecule has 1 N–H and O–H groups in total. The van der Waals surface area contributed by atoms with E-state index in [0.29, 0.717) is 22.4 Å². The molecule has 6 rings (SSSR count). The second kappa shape index (κ2) is 6.64. The topological polar surface area (TPSA) is 54.3 Å². The smallest absolute Gasteiger partial charge is 0.268 e. The van der Waals surface area contributed by atoms with Gasteiger partial charge >= 0.3 is 0 Å². The van der Waals surface area contributed by atoms with Crippen molar-refractivity contribution in [2.45, 2.75) is 30.7 Å². The van der Waals surface area contributed by atoms with Crippen LogP contribution in [0.1, 0.15) is 18.4 Å². The van der Waals surface area contributed by atoms with Crippen LogP contribution in [0.2, 0.25) is 0 Å². The van der Waals surface area contributed by atoms with Gasteiger partial charge in [0.05, 0.1) is 10.4 Å². The van der Waals surface area contributed by atoms with Crippen LogP contribution in [-0.4, -0.2) is 43.0 Å². The Labute approximate surface area is 166 Å². The molecule has 0 amide bonds. The zero-order valence-electron chi connectivity index (χ0n) is 16.0. The average molecular weight is 396 g/mol. The Morgan fingerprint density at radius 1 is 1.00 bits per heavy atom. The van der Waals surface area contributed by atoms with Crippen molar-refractivity contribution in [2.75, 3.05) is 25.0 Å². The highest BCUT2D eigenvalue weighted by atomic mass is 32.2. The van der Waals surface area contributed by atoms with Crippen molar-refractivity contribution in [3.05, 3.63) is 60.3 Å². The van der Waals surface area contributed by atoms with Crippen LogP contribution in [0.3, 0.4) is 0 Å². The number of piperidine rings is 3. The van der Waals surface area contributed by atoms with Gasteiger partial charge < -0.3 is 10.2 Å². The zero-order valence-corrected chi connectivity index (χ0v) is 16.8. The molecule has 0 spiro atoms. The molecule has 3 saturated heterocycles. The maximum absolute atomic E-state index is 13.2. The summed E-state index contributed by atoms with van der Waals surface area (Å²) in [6.45, 7) is 5.44. The summed E-state index contributed by atoms with van der Waals surface area (Å²) >= 11 is 0. The molecular weight excluding hydrogens is 370 g/mol. The van der Waals surface area contributed by atoms with Crippen molar-refractivity contribution in [1.29, 1.82) is 0 Å². The molecule has 0 saturated carbocycles. The molecule has 0 aliphatic carbocycles. The second-order valence-electron chi connectivity index (χ2n) is 8.06. The first-order chi connectivity index (χ1) is 13.5. The fraction of sp³-hybridized carbons (Fsp3) is 0.364. The standard InChI is InChI=1S/C22H25N3O2S/c1-16-5-7-18(8-6-16)28(26,27)25-14-11-19-20(3-2-4-22(19)25)23-21-15-24-12-9-17(21)10-13-24/h2-8,11,14,17,21,23H,9-10,12-13,15H2,1H3. The molecule has 146 valence electrons. The van der Waals surface area contributed by atoms with E-state index in [1.807, 2.05) is 37.3 Å². The first-order valence-electron chi connectivity index (χ1n) is 9.93. The lowest BCUT2D eigenvalue weighted by atomic mass is 9.84. The lowest BCUT2D eigenvalue weighted by Gasteiger charge is -2.45. The largest absolute Gasteiger partial charge is 0.380 e. The molecule has 3 aliphatic heterocycles. The van der Waals surface area contributed by atoms with Crippen molar-refractivity contribution in [3.8, 4) is 0 Å². The van der Waals surface area contributed by atoms with Gasteiger partial charge in [-0.25, -0.2) is 12.4 Å². The van der Waals surface area contributed by atoms with Crippen LogP contribution < -0.4 is 5.32 Å². The third-order valence-corrected chi connectivity index (χ3v) is 7.98. The Kier molecular flexibility index (Phi) is 4.21. The molecule has 1 atom stereocenters. The Morgan fingerprint density at radius 3 is 2.43 bits per heavy atom. The van der Waals surface area contributed by atoms with Gasteiger partial charge in [0, 0.05) is 29.9 Å². The fourth-order valence-electron chi connectivity index (χ4n) is 4.63. The molecule has 1 unspecified atom stereocenters. The van der Waals surface area contributed by atoms with Gasteiger partial charge in [-0.2, -0.15) is 0 Å². The fourth-order valence-corrected chi connectivity index (χ4v) is 5.98. The van der Waals surface area contributed by atoms with Gasteiger partial charge in [-0.1, -0.05) is 23.8 Å². The Balaban J connectivity index is 1.51.